The third-order valence-electron chi connectivity index (χ3n) is 3.97. The van der Waals surface area contributed by atoms with Gasteiger partial charge in [0.15, 0.2) is 0 Å². The summed E-state index contributed by atoms with van der Waals surface area (Å²) in [7, 11) is 2.01. The zero-order valence-electron chi connectivity index (χ0n) is 12.0. The van der Waals surface area contributed by atoms with Crippen molar-refractivity contribution in [1.82, 2.24) is 19.4 Å². The van der Waals surface area contributed by atoms with Crippen molar-refractivity contribution in [3.05, 3.63) is 47.3 Å². The van der Waals surface area contributed by atoms with E-state index in [1.165, 1.54) is 5.69 Å². The predicted octanol–water partition coefficient (Wildman–Crippen LogP) is 1.04. The molecule has 3 heterocycles. The second-order valence-electron chi connectivity index (χ2n) is 5.46. The van der Waals surface area contributed by atoms with Crippen molar-refractivity contribution in [3.8, 4) is 0 Å². The van der Waals surface area contributed by atoms with Gasteiger partial charge in [-0.05, 0) is 19.1 Å². The summed E-state index contributed by atoms with van der Waals surface area (Å²) in [4.78, 5) is 11.3. The van der Waals surface area contributed by atoms with E-state index >= 15 is 0 Å². The number of fused-ring (bicyclic) bond motifs is 1. The highest BCUT2D eigenvalue weighted by Crippen LogP contribution is 2.23. The zero-order valence-corrected chi connectivity index (χ0v) is 12.0. The Balaban J connectivity index is 1.82. The lowest BCUT2D eigenvalue weighted by Gasteiger charge is -2.34. The number of pyridine rings is 1. The molecule has 5 heteroatoms. The van der Waals surface area contributed by atoms with E-state index in [0.717, 1.165) is 36.6 Å². The summed E-state index contributed by atoms with van der Waals surface area (Å²) in [6, 6.07) is 6.21. The molecule has 0 aliphatic carbocycles. The third kappa shape index (κ3) is 2.46. The second-order valence-corrected chi connectivity index (χ2v) is 5.46. The first-order valence-electron chi connectivity index (χ1n) is 6.94. The van der Waals surface area contributed by atoms with Crippen molar-refractivity contribution >= 4 is 0 Å². The molecular weight excluding hydrogens is 252 g/mol. The number of aryl methyl sites for hydroxylation is 2. The first kappa shape index (κ1) is 13.3. The monoisotopic (exact) mass is 272 g/mol. The van der Waals surface area contributed by atoms with Crippen LogP contribution in [0.2, 0.25) is 0 Å². The first-order valence-corrected chi connectivity index (χ1v) is 6.94. The highest BCUT2D eigenvalue weighted by molar-refractivity contribution is 5.19. The smallest absolute Gasteiger partial charge is 0.0949 e. The Labute approximate surface area is 118 Å². The quantitative estimate of drug-likeness (QED) is 0.907. The van der Waals surface area contributed by atoms with Crippen LogP contribution in [0.1, 0.15) is 22.8 Å². The molecule has 0 radical (unpaired) electrons. The maximum absolute atomic E-state index is 9.66. The Hall–Kier alpha value is -1.72. The van der Waals surface area contributed by atoms with Crippen LogP contribution in [0, 0.1) is 6.92 Å². The number of aliphatic hydroxyl groups excluding tert-OH is 1. The number of aliphatic hydroxyl groups is 1. The van der Waals surface area contributed by atoms with Crippen molar-refractivity contribution in [3.63, 3.8) is 0 Å². The largest absolute Gasteiger partial charge is 0.395 e. The van der Waals surface area contributed by atoms with Gasteiger partial charge in [-0.15, -0.1) is 0 Å². The molecule has 1 aliphatic rings. The lowest BCUT2D eigenvalue weighted by molar-refractivity contribution is 0.0956. The van der Waals surface area contributed by atoms with E-state index in [-0.39, 0.29) is 12.6 Å². The normalized spacial score (nSPS) is 19.1. The molecule has 0 bridgehead atoms. The van der Waals surface area contributed by atoms with Gasteiger partial charge >= 0.3 is 0 Å². The first-order chi connectivity index (χ1) is 9.67. The molecule has 1 aliphatic heterocycles. The van der Waals surface area contributed by atoms with E-state index in [4.69, 9.17) is 0 Å². The molecule has 0 aromatic carbocycles. The van der Waals surface area contributed by atoms with Gasteiger partial charge in [0.1, 0.15) is 0 Å². The second kappa shape index (κ2) is 5.34. The van der Waals surface area contributed by atoms with Gasteiger partial charge in [0.25, 0.3) is 0 Å². The molecule has 1 N–H and O–H groups in total. The van der Waals surface area contributed by atoms with Crippen LogP contribution in [-0.4, -0.2) is 37.2 Å². The van der Waals surface area contributed by atoms with E-state index in [1.54, 1.807) is 0 Å². The fourth-order valence-electron chi connectivity index (χ4n) is 2.83. The lowest BCUT2D eigenvalue weighted by atomic mass is 10.0. The Morgan fingerprint density at radius 1 is 1.40 bits per heavy atom. The van der Waals surface area contributed by atoms with E-state index in [0.29, 0.717) is 0 Å². The van der Waals surface area contributed by atoms with Crippen LogP contribution in [0.3, 0.4) is 0 Å². The molecule has 5 nitrogen and oxygen atoms in total. The molecule has 0 spiro atoms. The van der Waals surface area contributed by atoms with Gasteiger partial charge in [0.05, 0.1) is 24.3 Å². The van der Waals surface area contributed by atoms with E-state index in [2.05, 4.69) is 19.4 Å². The van der Waals surface area contributed by atoms with Crippen molar-refractivity contribution in [2.45, 2.75) is 32.5 Å². The summed E-state index contributed by atoms with van der Waals surface area (Å²) in [6.07, 6.45) is 2.70. The average Bonchev–Trinajstić information content (AvgIpc) is 2.79. The summed E-state index contributed by atoms with van der Waals surface area (Å²) < 4.78 is 2.06. The molecule has 2 aromatic rings. The van der Waals surface area contributed by atoms with E-state index in [9.17, 15) is 5.11 Å². The van der Waals surface area contributed by atoms with Crippen molar-refractivity contribution in [1.29, 1.82) is 0 Å². The topological polar surface area (TPSA) is 54.2 Å². The molecule has 0 saturated carbocycles. The molecule has 0 saturated heterocycles. The number of hydrogen-bond acceptors (Lipinski definition) is 4. The minimum Gasteiger partial charge on any atom is -0.395 e. The Bertz CT molecular complexity index is 608. The molecule has 0 amide bonds. The van der Waals surface area contributed by atoms with Crippen LogP contribution in [-0.2, 0) is 26.6 Å². The van der Waals surface area contributed by atoms with Gasteiger partial charge in [-0.3, -0.25) is 9.88 Å². The summed E-state index contributed by atoms with van der Waals surface area (Å²) in [5.74, 6) is 0. The maximum Gasteiger partial charge on any atom is 0.0949 e. The molecule has 1 atom stereocenters. The van der Waals surface area contributed by atoms with Gasteiger partial charge in [-0.25, -0.2) is 4.98 Å². The predicted molar refractivity (Wildman–Crippen MR) is 76.0 cm³/mol. The van der Waals surface area contributed by atoms with Gasteiger partial charge in [0.2, 0.25) is 0 Å². The van der Waals surface area contributed by atoms with Crippen LogP contribution in [0.15, 0.2) is 24.5 Å². The number of hydrogen-bond donors (Lipinski definition) is 1. The van der Waals surface area contributed by atoms with Crippen molar-refractivity contribution in [2.75, 3.05) is 6.61 Å². The zero-order chi connectivity index (χ0) is 14.1. The fraction of sp³-hybridized carbons (Fsp3) is 0.467. The molecule has 3 rings (SSSR count). The van der Waals surface area contributed by atoms with Crippen LogP contribution in [0.5, 0.6) is 0 Å². The highest BCUT2D eigenvalue weighted by atomic mass is 16.3. The molecule has 0 unspecified atom stereocenters. The van der Waals surface area contributed by atoms with Gasteiger partial charge in [-0.2, -0.15) is 0 Å². The van der Waals surface area contributed by atoms with Crippen LogP contribution in [0.4, 0.5) is 0 Å². The lowest BCUT2D eigenvalue weighted by Crippen LogP contribution is -2.42. The summed E-state index contributed by atoms with van der Waals surface area (Å²) in [6.45, 7) is 3.69. The van der Waals surface area contributed by atoms with Gasteiger partial charge in [-0.1, -0.05) is 6.07 Å². The molecule has 0 fully saturated rings. The Morgan fingerprint density at radius 3 is 3.00 bits per heavy atom. The van der Waals surface area contributed by atoms with E-state index in [1.807, 2.05) is 38.5 Å². The Morgan fingerprint density at radius 2 is 2.25 bits per heavy atom. The van der Waals surface area contributed by atoms with E-state index < -0.39 is 0 Å². The Kier molecular flexibility index (Phi) is 3.54. The standard InChI is InChI=1S/C15H20N4O/c1-11-4-3-5-12(17-11)7-19-8-14-15(6-13(19)9-20)18(2)10-16-14/h3-5,10,13,20H,6-9H2,1-2H3/t13-/m1/s1. The van der Waals surface area contributed by atoms with Gasteiger partial charge in [0, 0.05) is 44.0 Å². The fourth-order valence-corrected chi connectivity index (χ4v) is 2.83. The number of aromatic nitrogens is 3. The molecule has 2 aromatic heterocycles. The summed E-state index contributed by atoms with van der Waals surface area (Å²) >= 11 is 0. The third-order valence-corrected chi connectivity index (χ3v) is 3.97. The number of nitrogens with zero attached hydrogens (tertiary/aromatic N) is 4. The van der Waals surface area contributed by atoms with Crippen LogP contribution in [0.25, 0.3) is 0 Å². The summed E-state index contributed by atoms with van der Waals surface area (Å²) in [5.41, 5.74) is 4.42. The van der Waals surface area contributed by atoms with Crippen LogP contribution >= 0.6 is 0 Å². The molecule has 106 valence electrons. The van der Waals surface area contributed by atoms with Crippen molar-refractivity contribution < 1.29 is 5.11 Å². The maximum atomic E-state index is 9.66. The molecule has 20 heavy (non-hydrogen) atoms. The SMILES string of the molecule is Cc1cccc(CN2Cc3ncn(C)c3C[C@@H]2CO)n1. The minimum atomic E-state index is 0.139. The number of imidazole rings is 1. The highest BCUT2D eigenvalue weighted by Gasteiger charge is 2.28. The van der Waals surface area contributed by atoms with Gasteiger partial charge < -0.3 is 9.67 Å². The van der Waals surface area contributed by atoms with Crippen LogP contribution < -0.4 is 0 Å². The molecular formula is C15H20N4O. The average molecular weight is 272 g/mol. The van der Waals surface area contributed by atoms with Crippen molar-refractivity contribution in [2.24, 2.45) is 7.05 Å². The minimum absolute atomic E-state index is 0.139. The number of rotatable bonds is 3. The summed E-state index contributed by atoms with van der Waals surface area (Å²) in [5, 5.41) is 9.66.